The summed E-state index contributed by atoms with van der Waals surface area (Å²) in [5, 5.41) is 0. The molecule has 0 fully saturated rings. The Labute approximate surface area is 46.8 Å². The summed E-state index contributed by atoms with van der Waals surface area (Å²) in [7, 11) is 0. The second kappa shape index (κ2) is 3.49. The predicted molar refractivity (Wildman–Crippen MR) is 33.8 cm³/mol. The van der Waals surface area contributed by atoms with Crippen LogP contribution in [-0.2, 0) is 4.84 Å². The molecule has 1 rings (SSSR count). The Morgan fingerprint density at radius 3 is 2.29 bits per heavy atom. The molecule has 0 saturated carbocycles. The molecule has 0 bridgehead atoms. The quantitative estimate of drug-likeness (QED) is 0.413. The molecule has 40 valence electrons. The Hall–Kier alpha value is -0.703. The highest BCUT2D eigenvalue weighted by molar-refractivity contribution is 5.75. The normalized spacial score (nSPS) is 13.7. The summed E-state index contributed by atoms with van der Waals surface area (Å²) in [5.74, 6) is 0. The topological polar surface area (TPSA) is 21.3 Å². The van der Waals surface area contributed by atoms with Gasteiger partial charge in [-0.1, -0.05) is 0 Å². The largest absolute Gasteiger partial charge is 0.391 e. The molecule has 0 aliphatic carbocycles. The third-order valence-corrected chi connectivity index (χ3v) is 0.490. The van der Waals surface area contributed by atoms with Gasteiger partial charge in [0, 0.05) is 6.20 Å². The van der Waals surface area contributed by atoms with Crippen molar-refractivity contribution >= 4 is 11.0 Å². The van der Waals surface area contributed by atoms with Crippen LogP contribution >= 0.6 is 0 Å². The smallest absolute Gasteiger partial charge is 0.119 e. The van der Waals surface area contributed by atoms with Gasteiger partial charge in [-0.2, -0.15) is 0 Å². The van der Waals surface area contributed by atoms with Gasteiger partial charge >= 0.3 is 0 Å². The monoisotopic (exact) mass is 115 g/mol. The molecule has 0 aromatic heterocycles. The second-order valence-electron chi connectivity index (χ2n) is 0.923. The van der Waals surface area contributed by atoms with Gasteiger partial charge in [-0.15, -0.1) is 0 Å². The molecule has 1 aliphatic rings. The Bertz CT molecular complexity index is 77.7. The first kappa shape index (κ1) is 6.30. The summed E-state index contributed by atoms with van der Waals surface area (Å²) in [6.07, 6.45) is 6.93. The van der Waals surface area contributed by atoms with Gasteiger partial charge in [-0.25, -0.2) is 5.48 Å². The maximum absolute atomic E-state index is 4.55. The van der Waals surface area contributed by atoms with Crippen molar-refractivity contribution in [1.29, 1.82) is 0 Å². The van der Waals surface area contributed by atoms with Crippen molar-refractivity contribution in [3.8, 4) is 0 Å². The van der Waals surface area contributed by atoms with Crippen molar-refractivity contribution in [2.45, 2.75) is 0 Å². The number of hydroxylamine groups is 1. The molecule has 0 atom stereocenters. The molecule has 0 radical (unpaired) electrons. The molecule has 2 nitrogen and oxygen atoms in total. The van der Waals surface area contributed by atoms with Gasteiger partial charge in [0.2, 0.25) is 0 Å². The highest BCUT2D eigenvalue weighted by Crippen LogP contribution is 1.80. The van der Waals surface area contributed by atoms with Crippen molar-refractivity contribution in [3.63, 3.8) is 0 Å². The van der Waals surface area contributed by atoms with Crippen molar-refractivity contribution in [2.75, 3.05) is 0 Å². The van der Waals surface area contributed by atoms with Crippen molar-refractivity contribution in [1.82, 2.24) is 5.48 Å². The molecular weight excluding hydrogens is 106 g/mol. The van der Waals surface area contributed by atoms with Gasteiger partial charge in [0.15, 0.2) is 0 Å². The third kappa shape index (κ3) is 2.05. The zero-order valence-corrected chi connectivity index (χ0v) is 3.22. The van der Waals surface area contributed by atoms with Crippen molar-refractivity contribution in [3.05, 3.63) is 24.6 Å². The van der Waals surface area contributed by atoms with E-state index in [9.17, 15) is 0 Å². The van der Waals surface area contributed by atoms with E-state index in [1.54, 1.807) is 18.5 Å². The first-order chi connectivity index (χ1) is 3.00. The van der Waals surface area contributed by atoms with Crippen LogP contribution in [0.25, 0.3) is 0 Å². The minimum atomic E-state index is 0. The third-order valence-electron chi connectivity index (χ3n) is 0.490. The van der Waals surface area contributed by atoms with Gasteiger partial charge in [-0.3, -0.25) is 0 Å². The standard InChI is InChI=1S/C4H5NO.H4Si/c1-2-4-6-5-3-1;/h1-5H;1H4. The summed E-state index contributed by atoms with van der Waals surface area (Å²) < 4.78 is 0. The van der Waals surface area contributed by atoms with Gasteiger partial charge < -0.3 is 4.84 Å². The highest BCUT2D eigenvalue weighted by Gasteiger charge is 1.72. The SMILES string of the molecule is C1=CNOC=C1.[SiH4]. The number of hydrogen-bond donors (Lipinski definition) is 1. The average molecular weight is 115 g/mol. The van der Waals surface area contributed by atoms with Crippen molar-refractivity contribution in [2.24, 2.45) is 0 Å². The average Bonchev–Trinajstić information content (AvgIpc) is 1.72. The van der Waals surface area contributed by atoms with Crippen LogP contribution in [0.2, 0.25) is 0 Å². The molecule has 1 aliphatic heterocycles. The van der Waals surface area contributed by atoms with Crippen LogP contribution in [0.1, 0.15) is 0 Å². The molecule has 1 N–H and O–H groups in total. The van der Waals surface area contributed by atoms with Crippen LogP contribution < -0.4 is 5.48 Å². The lowest BCUT2D eigenvalue weighted by molar-refractivity contribution is 0.172. The first-order valence-corrected chi connectivity index (χ1v) is 1.73. The summed E-state index contributed by atoms with van der Waals surface area (Å²) in [4.78, 5) is 4.55. The molecule has 0 unspecified atom stereocenters. The Balaban J connectivity index is 0.000000360. The number of hydrogen-bond acceptors (Lipinski definition) is 2. The minimum Gasteiger partial charge on any atom is -0.391 e. The Morgan fingerprint density at radius 2 is 2.14 bits per heavy atom. The molecule has 0 spiro atoms. The lowest BCUT2D eigenvalue weighted by atomic mass is 10.6. The van der Waals surface area contributed by atoms with E-state index in [4.69, 9.17) is 0 Å². The van der Waals surface area contributed by atoms with E-state index >= 15 is 0 Å². The van der Waals surface area contributed by atoms with Gasteiger partial charge in [0.05, 0.1) is 0 Å². The number of rotatable bonds is 0. The molecular formula is C4H9NOSi. The van der Waals surface area contributed by atoms with Crippen LogP contribution in [0.15, 0.2) is 24.6 Å². The van der Waals surface area contributed by atoms with E-state index in [0.717, 1.165) is 0 Å². The molecule has 0 aromatic rings. The first-order valence-electron chi connectivity index (χ1n) is 1.73. The van der Waals surface area contributed by atoms with Gasteiger partial charge in [0.25, 0.3) is 0 Å². The summed E-state index contributed by atoms with van der Waals surface area (Å²) in [6, 6.07) is 0. The van der Waals surface area contributed by atoms with E-state index in [1.807, 2.05) is 6.08 Å². The minimum absolute atomic E-state index is 0. The fraction of sp³-hybridized carbons (Fsp3) is 0. The van der Waals surface area contributed by atoms with E-state index < -0.39 is 0 Å². The molecule has 0 aromatic carbocycles. The Morgan fingerprint density at radius 1 is 1.29 bits per heavy atom. The fourth-order valence-electron chi connectivity index (χ4n) is 0.258. The summed E-state index contributed by atoms with van der Waals surface area (Å²) in [5.41, 5.74) is 2.52. The molecule has 3 heteroatoms. The zero-order valence-electron chi connectivity index (χ0n) is 3.22. The molecule has 7 heavy (non-hydrogen) atoms. The lowest BCUT2D eigenvalue weighted by Crippen LogP contribution is -2.01. The summed E-state index contributed by atoms with van der Waals surface area (Å²) in [6.45, 7) is 0. The number of allylic oxidation sites excluding steroid dienone is 2. The zero-order chi connectivity index (χ0) is 4.24. The van der Waals surface area contributed by atoms with Crippen LogP contribution in [0.5, 0.6) is 0 Å². The molecule has 1 heterocycles. The van der Waals surface area contributed by atoms with Crippen LogP contribution in [0.3, 0.4) is 0 Å². The van der Waals surface area contributed by atoms with E-state index in [-0.39, 0.29) is 11.0 Å². The maximum Gasteiger partial charge on any atom is 0.119 e. The summed E-state index contributed by atoms with van der Waals surface area (Å²) >= 11 is 0. The maximum atomic E-state index is 4.55. The predicted octanol–water partition coefficient (Wildman–Crippen LogP) is -0.903. The molecule has 0 amide bonds. The van der Waals surface area contributed by atoms with Crippen LogP contribution in [-0.4, -0.2) is 11.0 Å². The van der Waals surface area contributed by atoms with E-state index in [0.29, 0.717) is 0 Å². The van der Waals surface area contributed by atoms with Crippen LogP contribution in [0.4, 0.5) is 0 Å². The van der Waals surface area contributed by atoms with Crippen molar-refractivity contribution < 1.29 is 4.84 Å². The number of nitrogens with one attached hydrogen (secondary N) is 1. The van der Waals surface area contributed by atoms with Gasteiger partial charge in [-0.05, 0) is 23.1 Å². The second-order valence-corrected chi connectivity index (χ2v) is 0.923. The van der Waals surface area contributed by atoms with Gasteiger partial charge in [0.1, 0.15) is 6.26 Å². The fourth-order valence-corrected chi connectivity index (χ4v) is 0.258. The van der Waals surface area contributed by atoms with Crippen LogP contribution in [0, 0.1) is 0 Å². The molecule has 0 saturated heterocycles. The lowest BCUT2D eigenvalue weighted by Gasteiger charge is -1.97. The Kier molecular flexibility index (Phi) is 3.14. The highest BCUT2D eigenvalue weighted by atomic mass is 28.1. The van der Waals surface area contributed by atoms with E-state index in [1.165, 1.54) is 0 Å². The van der Waals surface area contributed by atoms with E-state index in [2.05, 4.69) is 10.3 Å².